The van der Waals surface area contributed by atoms with E-state index in [0.717, 1.165) is 25.6 Å². The van der Waals surface area contributed by atoms with E-state index in [1.807, 2.05) is 0 Å². The van der Waals surface area contributed by atoms with Crippen LogP contribution in [0.5, 0.6) is 0 Å². The molecule has 1 aromatic carbocycles. The molecule has 0 aromatic heterocycles. The number of carbonyl (C=O) groups is 1. The Hall–Kier alpha value is -1.28. The van der Waals surface area contributed by atoms with Crippen molar-refractivity contribution in [1.82, 2.24) is 9.21 Å². The quantitative estimate of drug-likeness (QED) is 0.734. The van der Waals surface area contributed by atoms with Crippen molar-refractivity contribution in [2.24, 2.45) is 5.92 Å². The van der Waals surface area contributed by atoms with Gasteiger partial charge in [0, 0.05) is 44.6 Å². The third kappa shape index (κ3) is 3.33. The Morgan fingerprint density at radius 1 is 1.15 bits per heavy atom. The highest BCUT2D eigenvalue weighted by atomic mass is 32.2. The van der Waals surface area contributed by atoms with Gasteiger partial charge in [0.05, 0.1) is 11.5 Å². The van der Waals surface area contributed by atoms with Crippen LogP contribution in [0.25, 0.3) is 0 Å². The third-order valence-electron chi connectivity index (χ3n) is 5.82. The smallest absolute Gasteiger partial charge is 0.245 e. The molecule has 142 valence electrons. The number of carbonyl (C=O) groups excluding carboxylic acids is 1. The van der Waals surface area contributed by atoms with E-state index >= 15 is 0 Å². The van der Waals surface area contributed by atoms with E-state index in [9.17, 15) is 13.2 Å². The minimum atomic E-state index is -3.64. The Morgan fingerprint density at radius 2 is 1.81 bits per heavy atom. The number of ketones is 1. The van der Waals surface area contributed by atoms with Crippen LogP contribution in [-0.2, 0) is 14.8 Å². The molecule has 0 atom stereocenters. The van der Waals surface area contributed by atoms with Crippen LogP contribution in [0.4, 0.5) is 0 Å². The molecule has 0 amide bonds. The number of nitrogens with zero attached hydrogens (tertiary/aromatic N) is 2. The molecule has 0 radical (unpaired) electrons. The molecule has 1 spiro atoms. The zero-order valence-electron chi connectivity index (χ0n) is 15.2. The number of ether oxygens (including phenoxy) is 1. The van der Waals surface area contributed by atoms with Crippen molar-refractivity contribution in [1.29, 1.82) is 0 Å². The normalized spacial score (nSPS) is 24.2. The minimum Gasteiger partial charge on any atom is -0.358 e. The van der Waals surface area contributed by atoms with Crippen molar-refractivity contribution in [3.63, 3.8) is 0 Å². The van der Waals surface area contributed by atoms with Crippen LogP contribution in [0.1, 0.15) is 43.0 Å². The van der Waals surface area contributed by atoms with Gasteiger partial charge < -0.3 is 9.64 Å². The van der Waals surface area contributed by atoms with Gasteiger partial charge in [-0.2, -0.15) is 4.31 Å². The average Bonchev–Trinajstić information content (AvgIpc) is 3.35. The van der Waals surface area contributed by atoms with Crippen molar-refractivity contribution >= 4 is 15.8 Å². The molecule has 6 nitrogen and oxygen atoms in total. The lowest BCUT2D eigenvalue weighted by Gasteiger charge is -2.43. The van der Waals surface area contributed by atoms with Crippen LogP contribution in [0, 0.1) is 5.92 Å². The summed E-state index contributed by atoms with van der Waals surface area (Å²) in [6.45, 7) is 5.20. The number of benzene rings is 1. The molecular weight excluding hydrogens is 352 g/mol. The lowest BCUT2D eigenvalue weighted by Crippen LogP contribution is -2.55. The zero-order valence-corrected chi connectivity index (χ0v) is 16.0. The van der Waals surface area contributed by atoms with E-state index in [2.05, 4.69) is 4.90 Å². The summed E-state index contributed by atoms with van der Waals surface area (Å²) in [5.74, 6) is 0.770. The molecule has 1 aromatic rings. The van der Waals surface area contributed by atoms with Crippen molar-refractivity contribution in [3.8, 4) is 0 Å². The molecule has 1 saturated carbocycles. The molecule has 7 heteroatoms. The number of hydrogen-bond acceptors (Lipinski definition) is 5. The summed E-state index contributed by atoms with van der Waals surface area (Å²) in [4.78, 5) is 14.1. The Bertz CT molecular complexity index is 778. The summed E-state index contributed by atoms with van der Waals surface area (Å²) in [5, 5.41) is 0. The molecule has 0 N–H and O–H groups in total. The van der Waals surface area contributed by atoms with Gasteiger partial charge in [-0.05, 0) is 37.8 Å². The monoisotopic (exact) mass is 378 g/mol. The standard InChI is InChI=1S/C19H26N2O4S/c1-15(22)17-4-6-18(7-5-17)26(23,24)21-12-13-25-19(21)8-10-20(11-9-19)14-16-2-3-16/h4-7,16H,2-3,8-14H2,1H3. The number of Topliss-reactive ketones (excluding diaryl/α,β-unsaturated/α-hetero) is 1. The van der Waals surface area contributed by atoms with E-state index in [-0.39, 0.29) is 10.7 Å². The van der Waals surface area contributed by atoms with E-state index < -0.39 is 15.7 Å². The second kappa shape index (κ2) is 6.71. The molecule has 1 aliphatic carbocycles. The van der Waals surface area contributed by atoms with Crippen molar-refractivity contribution in [2.75, 3.05) is 32.8 Å². The number of rotatable bonds is 5. The highest BCUT2D eigenvalue weighted by Crippen LogP contribution is 2.39. The fraction of sp³-hybridized carbons (Fsp3) is 0.632. The van der Waals surface area contributed by atoms with E-state index in [0.29, 0.717) is 31.6 Å². The van der Waals surface area contributed by atoms with Crippen LogP contribution in [0.2, 0.25) is 0 Å². The Kier molecular flexibility index (Phi) is 4.67. The summed E-state index contributed by atoms with van der Waals surface area (Å²) in [5.41, 5.74) is -0.192. The maximum atomic E-state index is 13.2. The predicted octanol–water partition coefficient (Wildman–Crippen LogP) is 2.11. The molecule has 4 rings (SSSR count). The van der Waals surface area contributed by atoms with Gasteiger partial charge in [-0.15, -0.1) is 0 Å². The van der Waals surface area contributed by atoms with Gasteiger partial charge in [-0.3, -0.25) is 4.79 Å². The van der Waals surface area contributed by atoms with Crippen molar-refractivity contribution < 1.29 is 17.9 Å². The van der Waals surface area contributed by atoms with Gasteiger partial charge in [0.15, 0.2) is 5.78 Å². The maximum Gasteiger partial charge on any atom is 0.245 e. The molecule has 2 heterocycles. The van der Waals surface area contributed by atoms with E-state index in [4.69, 9.17) is 4.74 Å². The molecule has 0 unspecified atom stereocenters. The Morgan fingerprint density at radius 3 is 2.38 bits per heavy atom. The first-order valence-electron chi connectivity index (χ1n) is 9.41. The number of hydrogen-bond donors (Lipinski definition) is 0. The number of sulfonamides is 1. The van der Waals surface area contributed by atoms with Crippen LogP contribution in [0.3, 0.4) is 0 Å². The SMILES string of the molecule is CC(=O)c1ccc(S(=O)(=O)N2CCOC23CCN(CC2CC2)CC3)cc1. The molecule has 3 fully saturated rings. The summed E-state index contributed by atoms with van der Waals surface area (Å²) in [7, 11) is -3.64. The second-order valence-electron chi connectivity index (χ2n) is 7.70. The van der Waals surface area contributed by atoms with Gasteiger partial charge in [0.2, 0.25) is 10.0 Å². The zero-order chi connectivity index (χ0) is 18.4. The second-order valence-corrected chi connectivity index (χ2v) is 9.56. The third-order valence-corrected chi connectivity index (χ3v) is 7.78. The number of likely N-dealkylation sites (tertiary alicyclic amines) is 1. The van der Waals surface area contributed by atoms with Crippen molar-refractivity contribution in [3.05, 3.63) is 29.8 Å². The van der Waals surface area contributed by atoms with E-state index in [1.54, 1.807) is 16.4 Å². The fourth-order valence-electron chi connectivity index (χ4n) is 4.07. The fourth-order valence-corrected chi connectivity index (χ4v) is 5.79. The Balaban J connectivity index is 1.52. The van der Waals surface area contributed by atoms with Crippen LogP contribution < -0.4 is 0 Å². The molecule has 0 bridgehead atoms. The van der Waals surface area contributed by atoms with Gasteiger partial charge in [0.1, 0.15) is 5.72 Å². The molecule has 2 aliphatic heterocycles. The molecule has 3 aliphatic rings. The highest BCUT2D eigenvalue weighted by Gasteiger charge is 2.50. The van der Waals surface area contributed by atoms with Crippen LogP contribution in [0.15, 0.2) is 29.2 Å². The van der Waals surface area contributed by atoms with E-state index in [1.165, 1.54) is 31.9 Å². The summed E-state index contributed by atoms with van der Waals surface area (Å²) in [6.07, 6.45) is 4.08. The largest absolute Gasteiger partial charge is 0.358 e. The highest BCUT2D eigenvalue weighted by molar-refractivity contribution is 7.89. The van der Waals surface area contributed by atoms with Crippen LogP contribution >= 0.6 is 0 Å². The Labute approximate surface area is 155 Å². The van der Waals surface area contributed by atoms with Crippen LogP contribution in [-0.4, -0.2) is 61.9 Å². The summed E-state index contributed by atoms with van der Waals surface area (Å²) >= 11 is 0. The van der Waals surface area contributed by atoms with Crippen molar-refractivity contribution in [2.45, 2.75) is 43.2 Å². The molecule has 26 heavy (non-hydrogen) atoms. The molecule has 2 saturated heterocycles. The average molecular weight is 378 g/mol. The van der Waals surface area contributed by atoms with Gasteiger partial charge in [-0.25, -0.2) is 8.42 Å². The topological polar surface area (TPSA) is 66.9 Å². The number of piperidine rings is 1. The first kappa shape index (κ1) is 18.1. The molecular formula is C19H26N2O4S. The van der Waals surface area contributed by atoms with Gasteiger partial charge >= 0.3 is 0 Å². The first-order valence-corrected chi connectivity index (χ1v) is 10.8. The minimum absolute atomic E-state index is 0.0713. The summed E-state index contributed by atoms with van der Waals surface area (Å²) in [6, 6.07) is 6.22. The summed E-state index contributed by atoms with van der Waals surface area (Å²) < 4.78 is 34.0. The lowest BCUT2D eigenvalue weighted by atomic mass is 10.0. The van der Waals surface area contributed by atoms with Gasteiger partial charge in [-0.1, -0.05) is 12.1 Å². The maximum absolute atomic E-state index is 13.2. The first-order chi connectivity index (χ1) is 12.4. The van der Waals surface area contributed by atoms with Gasteiger partial charge in [0.25, 0.3) is 0 Å². The lowest BCUT2D eigenvalue weighted by molar-refractivity contribution is -0.0910. The predicted molar refractivity (Wildman–Crippen MR) is 97.4 cm³/mol.